The summed E-state index contributed by atoms with van der Waals surface area (Å²) in [6, 6.07) is 4.25. The second kappa shape index (κ2) is 4.45. The van der Waals surface area contributed by atoms with Crippen molar-refractivity contribution in [3.05, 3.63) is 23.8 Å². The minimum Gasteiger partial charge on any atom is -0.497 e. The summed E-state index contributed by atoms with van der Waals surface area (Å²) < 4.78 is 9.80. The van der Waals surface area contributed by atoms with E-state index in [4.69, 9.17) is 14.6 Å². The molecule has 0 radical (unpaired) electrons. The fourth-order valence-electron chi connectivity index (χ4n) is 1.06. The Bertz CT molecular complexity index is 375. The number of hydrogen-bond acceptors (Lipinski definition) is 4. The molecule has 5 nitrogen and oxygen atoms in total. The molecule has 0 aliphatic carbocycles. The second-order valence-corrected chi connectivity index (χ2v) is 2.74. The van der Waals surface area contributed by atoms with Gasteiger partial charge in [-0.15, -0.1) is 0 Å². The molecule has 0 heterocycles. The normalized spacial score (nSPS) is 9.47. The number of benzene rings is 1. The predicted octanol–water partition coefficient (Wildman–Crippen LogP) is 0.971. The number of Topliss-reactive ketones (excluding diaryl/α,β-unsaturated/α-hetero) is 1. The number of carboxylic acids is 1. The standard InChI is InChI=1S/C10H10O5/c1-14-7-3-6(9(11)10(12)13)4-8(5-7)15-2/h3-5H,1-2H3,(H,12,13). The Morgan fingerprint density at radius 1 is 1.07 bits per heavy atom. The summed E-state index contributed by atoms with van der Waals surface area (Å²) in [6.07, 6.45) is 0. The zero-order valence-electron chi connectivity index (χ0n) is 8.31. The third-order valence-electron chi connectivity index (χ3n) is 1.81. The lowest BCUT2D eigenvalue weighted by Gasteiger charge is -2.05. The van der Waals surface area contributed by atoms with Crippen LogP contribution in [0.5, 0.6) is 11.5 Å². The quantitative estimate of drug-likeness (QED) is 0.592. The maximum absolute atomic E-state index is 11.2. The Kier molecular flexibility index (Phi) is 3.28. The van der Waals surface area contributed by atoms with Crippen LogP contribution in [-0.4, -0.2) is 31.1 Å². The average Bonchev–Trinajstić information content (AvgIpc) is 2.27. The fraction of sp³-hybridized carbons (Fsp3) is 0.200. The zero-order valence-corrected chi connectivity index (χ0v) is 8.31. The molecule has 0 saturated carbocycles. The van der Waals surface area contributed by atoms with E-state index in [9.17, 15) is 9.59 Å². The van der Waals surface area contributed by atoms with Crippen molar-refractivity contribution in [1.29, 1.82) is 0 Å². The van der Waals surface area contributed by atoms with Crippen LogP contribution in [0.25, 0.3) is 0 Å². The number of rotatable bonds is 4. The van der Waals surface area contributed by atoms with Crippen molar-refractivity contribution in [2.24, 2.45) is 0 Å². The molecule has 0 atom stereocenters. The van der Waals surface area contributed by atoms with E-state index >= 15 is 0 Å². The Morgan fingerprint density at radius 3 is 1.87 bits per heavy atom. The van der Waals surface area contributed by atoms with Crippen LogP contribution in [-0.2, 0) is 4.79 Å². The molecule has 1 aromatic rings. The van der Waals surface area contributed by atoms with E-state index in [1.165, 1.54) is 26.4 Å². The van der Waals surface area contributed by atoms with E-state index in [0.29, 0.717) is 11.5 Å². The van der Waals surface area contributed by atoms with Crippen molar-refractivity contribution in [2.75, 3.05) is 14.2 Å². The summed E-state index contributed by atoms with van der Waals surface area (Å²) in [5, 5.41) is 8.53. The van der Waals surface area contributed by atoms with E-state index in [1.807, 2.05) is 0 Å². The van der Waals surface area contributed by atoms with Crippen LogP contribution in [0.1, 0.15) is 10.4 Å². The molecule has 0 aromatic heterocycles. The molecule has 0 spiro atoms. The van der Waals surface area contributed by atoms with E-state index < -0.39 is 11.8 Å². The van der Waals surface area contributed by atoms with Gasteiger partial charge in [-0.05, 0) is 12.1 Å². The Hall–Kier alpha value is -2.04. The highest BCUT2D eigenvalue weighted by molar-refractivity contribution is 6.39. The van der Waals surface area contributed by atoms with Crippen LogP contribution in [0.3, 0.4) is 0 Å². The van der Waals surface area contributed by atoms with Crippen molar-refractivity contribution in [2.45, 2.75) is 0 Å². The number of ether oxygens (including phenoxy) is 2. The molecule has 1 aromatic carbocycles. The first kappa shape index (κ1) is 11.0. The number of ketones is 1. The van der Waals surface area contributed by atoms with Crippen molar-refractivity contribution in [1.82, 2.24) is 0 Å². The van der Waals surface area contributed by atoms with Gasteiger partial charge in [-0.1, -0.05) is 0 Å². The highest BCUT2D eigenvalue weighted by Gasteiger charge is 2.16. The number of carbonyl (C=O) groups excluding carboxylic acids is 1. The van der Waals surface area contributed by atoms with Crippen LogP contribution in [0.4, 0.5) is 0 Å². The zero-order chi connectivity index (χ0) is 11.4. The third-order valence-corrected chi connectivity index (χ3v) is 1.81. The van der Waals surface area contributed by atoms with Crippen LogP contribution < -0.4 is 9.47 Å². The predicted molar refractivity (Wildman–Crippen MR) is 51.5 cm³/mol. The van der Waals surface area contributed by atoms with Gasteiger partial charge in [-0.25, -0.2) is 4.79 Å². The smallest absolute Gasteiger partial charge is 0.377 e. The van der Waals surface area contributed by atoms with Gasteiger partial charge >= 0.3 is 5.97 Å². The summed E-state index contributed by atoms with van der Waals surface area (Å²) >= 11 is 0. The summed E-state index contributed by atoms with van der Waals surface area (Å²) in [5.41, 5.74) is 0.0266. The Labute approximate surface area is 86.2 Å². The van der Waals surface area contributed by atoms with Crippen LogP contribution in [0, 0.1) is 0 Å². The van der Waals surface area contributed by atoms with Gasteiger partial charge in [0.1, 0.15) is 11.5 Å². The van der Waals surface area contributed by atoms with Crippen LogP contribution in [0.2, 0.25) is 0 Å². The molecule has 0 unspecified atom stereocenters. The first-order valence-corrected chi connectivity index (χ1v) is 4.09. The lowest BCUT2D eigenvalue weighted by atomic mass is 10.1. The number of hydrogen-bond donors (Lipinski definition) is 1. The van der Waals surface area contributed by atoms with Gasteiger partial charge < -0.3 is 14.6 Å². The lowest BCUT2D eigenvalue weighted by Crippen LogP contribution is -2.12. The molecular weight excluding hydrogens is 200 g/mol. The lowest BCUT2D eigenvalue weighted by molar-refractivity contribution is -0.131. The van der Waals surface area contributed by atoms with E-state index in [0.717, 1.165) is 0 Å². The minimum atomic E-state index is -1.51. The second-order valence-electron chi connectivity index (χ2n) is 2.74. The first-order chi connectivity index (χ1) is 7.08. The molecule has 0 fully saturated rings. The average molecular weight is 210 g/mol. The molecule has 80 valence electrons. The Morgan fingerprint density at radius 2 is 1.53 bits per heavy atom. The number of carbonyl (C=O) groups is 2. The Balaban J connectivity index is 3.17. The molecule has 5 heteroatoms. The van der Waals surface area contributed by atoms with Crippen molar-refractivity contribution in [3.8, 4) is 11.5 Å². The maximum atomic E-state index is 11.2. The van der Waals surface area contributed by atoms with Gasteiger partial charge in [0.15, 0.2) is 0 Å². The topological polar surface area (TPSA) is 72.8 Å². The molecule has 0 aliphatic rings. The molecular formula is C10H10O5. The highest BCUT2D eigenvalue weighted by atomic mass is 16.5. The summed E-state index contributed by atoms with van der Waals surface area (Å²) in [7, 11) is 2.84. The van der Waals surface area contributed by atoms with Gasteiger partial charge in [0, 0.05) is 11.6 Å². The molecule has 0 bridgehead atoms. The summed E-state index contributed by atoms with van der Waals surface area (Å²) in [6.45, 7) is 0. The maximum Gasteiger partial charge on any atom is 0.377 e. The molecule has 1 rings (SSSR count). The first-order valence-electron chi connectivity index (χ1n) is 4.09. The SMILES string of the molecule is COc1cc(OC)cc(C(=O)C(=O)O)c1. The van der Waals surface area contributed by atoms with Crippen molar-refractivity contribution < 1.29 is 24.2 Å². The van der Waals surface area contributed by atoms with E-state index in [2.05, 4.69) is 0 Å². The van der Waals surface area contributed by atoms with Crippen molar-refractivity contribution >= 4 is 11.8 Å². The van der Waals surface area contributed by atoms with Gasteiger partial charge in [-0.3, -0.25) is 4.79 Å². The monoisotopic (exact) mass is 210 g/mol. The molecule has 1 N–H and O–H groups in total. The van der Waals surface area contributed by atoms with Crippen LogP contribution in [0.15, 0.2) is 18.2 Å². The van der Waals surface area contributed by atoms with Gasteiger partial charge in [0.25, 0.3) is 5.78 Å². The minimum absolute atomic E-state index is 0.0266. The fourth-order valence-corrected chi connectivity index (χ4v) is 1.06. The van der Waals surface area contributed by atoms with Gasteiger partial charge in [0.2, 0.25) is 0 Å². The number of aliphatic carboxylic acids is 1. The number of methoxy groups -OCH3 is 2. The summed E-state index contributed by atoms with van der Waals surface area (Å²) in [5.74, 6) is -1.75. The highest BCUT2D eigenvalue weighted by Crippen LogP contribution is 2.22. The number of carboxylic acid groups (broad SMARTS) is 1. The van der Waals surface area contributed by atoms with Crippen LogP contribution >= 0.6 is 0 Å². The van der Waals surface area contributed by atoms with Gasteiger partial charge in [-0.2, -0.15) is 0 Å². The van der Waals surface area contributed by atoms with Gasteiger partial charge in [0.05, 0.1) is 14.2 Å². The summed E-state index contributed by atoms with van der Waals surface area (Å²) in [4.78, 5) is 21.6. The molecule has 0 amide bonds. The third kappa shape index (κ3) is 2.46. The van der Waals surface area contributed by atoms with Crippen molar-refractivity contribution in [3.63, 3.8) is 0 Å². The van der Waals surface area contributed by atoms with E-state index in [-0.39, 0.29) is 5.56 Å². The largest absolute Gasteiger partial charge is 0.497 e. The van der Waals surface area contributed by atoms with E-state index in [1.54, 1.807) is 6.07 Å². The molecule has 0 aliphatic heterocycles. The molecule has 0 saturated heterocycles. The molecule has 15 heavy (non-hydrogen) atoms.